The third-order valence-corrected chi connectivity index (χ3v) is 6.98. The van der Waals surface area contributed by atoms with Crippen LogP contribution in [0.15, 0.2) is 24.4 Å². The average Bonchev–Trinajstić information content (AvgIpc) is 3.06. The topological polar surface area (TPSA) is 72.7 Å². The number of rotatable bonds is 4. The number of hydrogen-bond donors (Lipinski definition) is 1. The van der Waals surface area contributed by atoms with E-state index < -0.39 is 12.1 Å². The molecule has 1 atom stereocenters. The maximum absolute atomic E-state index is 12.8. The molecule has 4 saturated carbocycles. The lowest BCUT2D eigenvalue weighted by molar-refractivity contribution is -0.134. The van der Waals surface area contributed by atoms with Gasteiger partial charge >= 0.3 is 5.97 Å². The Kier molecular flexibility index (Phi) is 4.00. The second kappa shape index (κ2) is 6.33. The standard InChI is InChI=1S/C22H27N3O3/c1-13-4-3-5-19-23-18(12-25(13)19)21(27)28-14(2)20(26)24-22-9-15-6-16(10-22)8-17(7-15)11-22/h3-5,12,14-17H,6-11H2,1-2H3,(H,24,26). The number of hydrogen-bond acceptors (Lipinski definition) is 4. The molecule has 6 heteroatoms. The molecule has 6 rings (SSSR count). The molecule has 1 amide bonds. The number of nitrogens with zero attached hydrogens (tertiary/aromatic N) is 2. The quantitative estimate of drug-likeness (QED) is 0.825. The normalized spacial score (nSPS) is 31.7. The van der Waals surface area contributed by atoms with E-state index in [0.717, 1.165) is 42.7 Å². The zero-order valence-electron chi connectivity index (χ0n) is 16.5. The van der Waals surface area contributed by atoms with Gasteiger partial charge in [0.05, 0.1) is 0 Å². The van der Waals surface area contributed by atoms with E-state index in [1.807, 2.05) is 29.5 Å². The fourth-order valence-corrected chi connectivity index (χ4v) is 6.15. The lowest BCUT2D eigenvalue weighted by atomic mass is 9.53. The Hall–Kier alpha value is -2.37. The number of aryl methyl sites for hydroxylation is 1. The number of carbonyl (C=O) groups is 2. The van der Waals surface area contributed by atoms with Gasteiger partial charge in [0.2, 0.25) is 0 Å². The maximum atomic E-state index is 12.8. The third-order valence-electron chi connectivity index (χ3n) is 6.98. The van der Waals surface area contributed by atoms with Crippen molar-refractivity contribution in [3.05, 3.63) is 35.8 Å². The Morgan fingerprint density at radius 1 is 1.18 bits per heavy atom. The summed E-state index contributed by atoms with van der Waals surface area (Å²) in [6.07, 6.45) is 8.06. The molecule has 4 aliphatic carbocycles. The molecule has 2 aromatic rings. The fraction of sp³-hybridized carbons (Fsp3) is 0.591. The smallest absolute Gasteiger partial charge is 0.359 e. The van der Waals surface area contributed by atoms with Gasteiger partial charge in [0.25, 0.3) is 5.91 Å². The summed E-state index contributed by atoms with van der Waals surface area (Å²) in [4.78, 5) is 29.7. The van der Waals surface area contributed by atoms with Crippen molar-refractivity contribution < 1.29 is 14.3 Å². The minimum Gasteiger partial charge on any atom is -0.448 e. The lowest BCUT2D eigenvalue weighted by Crippen LogP contribution is -2.61. The number of nitrogens with one attached hydrogen (secondary N) is 1. The summed E-state index contributed by atoms with van der Waals surface area (Å²) in [7, 11) is 0. The van der Waals surface area contributed by atoms with Gasteiger partial charge in [0.15, 0.2) is 11.8 Å². The van der Waals surface area contributed by atoms with Crippen LogP contribution in [0.5, 0.6) is 0 Å². The van der Waals surface area contributed by atoms with E-state index in [4.69, 9.17) is 4.74 Å². The van der Waals surface area contributed by atoms with Gasteiger partial charge in [-0.05, 0) is 82.3 Å². The molecule has 0 spiro atoms. The molecule has 2 heterocycles. The molecule has 0 radical (unpaired) electrons. The zero-order valence-corrected chi connectivity index (χ0v) is 16.5. The van der Waals surface area contributed by atoms with E-state index in [9.17, 15) is 9.59 Å². The SMILES string of the molecule is Cc1cccc2nc(C(=O)OC(C)C(=O)NC34CC5CC(CC(C5)C3)C4)cn12. The highest BCUT2D eigenvalue weighted by Gasteiger charge is 2.51. The number of imidazole rings is 1. The summed E-state index contributed by atoms with van der Waals surface area (Å²) in [5.41, 5.74) is 1.82. The van der Waals surface area contributed by atoms with Gasteiger partial charge < -0.3 is 14.5 Å². The Bertz CT molecular complexity index is 912. The molecular weight excluding hydrogens is 354 g/mol. The molecule has 2 aromatic heterocycles. The summed E-state index contributed by atoms with van der Waals surface area (Å²) in [6.45, 7) is 3.60. The van der Waals surface area contributed by atoms with Crippen molar-refractivity contribution in [1.82, 2.24) is 14.7 Å². The number of amides is 1. The van der Waals surface area contributed by atoms with Gasteiger partial charge in [-0.1, -0.05) is 6.07 Å². The lowest BCUT2D eigenvalue weighted by Gasteiger charge is -2.57. The van der Waals surface area contributed by atoms with E-state index in [1.165, 1.54) is 19.3 Å². The van der Waals surface area contributed by atoms with Gasteiger partial charge in [-0.2, -0.15) is 0 Å². The van der Waals surface area contributed by atoms with Crippen molar-refractivity contribution in [2.24, 2.45) is 17.8 Å². The predicted molar refractivity (Wildman–Crippen MR) is 104 cm³/mol. The highest BCUT2D eigenvalue weighted by molar-refractivity contribution is 5.91. The van der Waals surface area contributed by atoms with Crippen LogP contribution >= 0.6 is 0 Å². The van der Waals surface area contributed by atoms with Crippen molar-refractivity contribution in [2.75, 3.05) is 0 Å². The van der Waals surface area contributed by atoms with Crippen LogP contribution in [-0.2, 0) is 9.53 Å². The second-order valence-electron chi connectivity index (χ2n) is 9.26. The average molecular weight is 381 g/mol. The number of esters is 1. The number of fused-ring (bicyclic) bond motifs is 1. The fourth-order valence-electron chi connectivity index (χ4n) is 6.15. The first kappa shape index (κ1) is 17.7. The molecule has 4 bridgehead atoms. The minimum atomic E-state index is -0.827. The molecule has 0 aliphatic heterocycles. The molecule has 1 N–H and O–H groups in total. The summed E-state index contributed by atoms with van der Waals surface area (Å²) in [5, 5.41) is 3.28. The van der Waals surface area contributed by atoms with Crippen molar-refractivity contribution in [3.63, 3.8) is 0 Å². The Morgan fingerprint density at radius 2 is 1.82 bits per heavy atom. The molecule has 28 heavy (non-hydrogen) atoms. The van der Waals surface area contributed by atoms with E-state index in [2.05, 4.69) is 10.3 Å². The molecule has 0 saturated heterocycles. The van der Waals surface area contributed by atoms with Crippen LogP contribution in [0.4, 0.5) is 0 Å². The van der Waals surface area contributed by atoms with Crippen molar-refractivity contribution in [1.29, 1.82) is 0 Å². The first-order valence-corrected chi connectivity index (χ1v) is 10.4. The van der Waals surface area contributed by atoms with Gasteiger partial charge in [-0.15, -0.1) is 0 Å². The highest BCUT2D eigenvalue weighted by atomic mass is 16.5. The molecule has 0 aromatic carbocycles. The number of carbonyl (C=O) groups excluding carboxylic acids is 2. The highest BCUT2D eigenvalue weighted by Crippen LogP contribution is 2.55. The summed E-state index contributed by atoms with van der Waals surface area (Å²) >= 11 is 0. The Morgan fingerprint density at radius 3 is 2.43 bits per heavy atom. The first-order chi connectivity index (χ1) is 13.4. The van der Waals surface area contributed by atoms with Crippen LogP contribution in [0.3, 0.4) is 0 Å². The predicted octanol–water partition coefficient (Wildman–Crippen LogP) is 3.27. The molecule has 4 aliphatic rings. The third kappa shape index (κ3) is 2.99. The first-order valence-electron chi connectivity index (χ1n) is 10.4. The monoisotopic (exact) mass is 381 g/mol. The summed E-state index contributed by atoms with van der Waals surface area (Å²) < 4.78 is 7.30. The molecule has 6 nitrogen and oxygen atoms in total. The van der Waals surface area contributed by atoms with Crippen LogP contribution in [0.25, 0.3) is 5.65 Å². The van der Waals surface area contributed by atoms with Gasteiger partial charge in [-0.25, -0.2) is 9.78 Å². The van der Waals surface area contributed by atoms with E-state index in [0.29, 0.717) is 5.65 Å². The van der Waals surface area contributed by atoms with Crippen LogP contribution in [0.2, 0.25) is 0 Å². The molecular formula is C22H27N3O3. The van der Waals surface area contributed by atoms with Gasteiger partial charge in [-0.3, -0.25) is 4.79 Å². The molecule has 1 unspecified atom stereocenters. The second-order valence-corrected chi connectivity index (χ2v) is 9.26. The van der Waals surface area contributed by atoms with Crippen molar-refractivity contribution in [2.45, 2.75) is 64.0 Å². The largest absolute Gasteiger partial charge is 0.448 e. The Labute approximate surface area is 164 Å². The maximum Gasteiger partial charge on any atom is 0.359 e. The zero-order chi connectivity index (χ0) is 19.5. The van der Waals surface area contributed by atoms with Crippen LogP contribution < -0.4 is 5.32 Å². The van der Waals surface area contributed by atoms with E-state index >= 15 is 0 Å². The van der Waals surface area contributed by atoms with Gasteiger partial charge in [0, 0.05) is 17.4 Å². The van der Waals surface area contributed by atoms with Gasteiger partial charge in [0.1, 0.15) is 5.65 Å². The summed E-state index contributed by atoms with van der Waals surface area (Å²) in [5.74, 6) is 1.52. The van der Waals surface area contributed by atoms with E-state index in [1.54, 1.807) is 13.1 Å². The number of aromatic nitrogens is 2. The van der Waals surface area contributed by atoms with E-state index in [-0.39, 0.29) is 17.1 Å². The van der Waals surface area contributed by atoms with Crippen molar-refractivity contribution in [3.8, 4) is 0 Å². The number of pyridine rings is 1. The van der Waals surface area contributed by atoms with Crippen LogP contribution in [-0.4, -0.2) is 32.9 Å². The van der Waals surface area contributed by atoms with Crippen LogP contribution in [0, 0.1) is 24.7 Å². The Balaban J connectivity index is 1.26. The van der Waals surface area contributed by atoms with Crippen LogP contribution in [0.1, 0.15) is 61.6 Å². The molecule has 148 valence electrons. The van der Waals surface area contributed by atoms with Crippen molar-refractivity contribution >= 4 is 17.5 Å². The number of ether oxygens (including phenoxy) is 1. The minimum absolute atomic E-state index is 0.0767. The molecule has 4 fully saturated rings. The summed E-state index contributed by atoms with van der Waals surface area (Å²) in [6, 6.07) is 5.69.